The first-order chi connectivity index (χ1) is 22.3. The standard InChI is InChI=1S/C32H28N6O6P2/c1-43-31(41)34-17-27(39)45-29-33-16-26(38-29)22-11-7-20(8-12-22)4-3-19-5-9-21(10-6-19)23-13-14-24-25(15-23)37-30(36-24)46-28(40)18-35-32(42)44-2/h5-16,45-46H,17-18H2,1-2H3,(H,33,38)(H,34,41)(H,35,42)(H,36,37). The SMILES string of the molecule is COC(=O)NCC(=O)Pc1ncc(-c2ccc(C#Cc3ccc(-c4ccc5nc(PC(=O)CNC(=O)OC)[nH]c5c4)cc3)cc2)[nH]1. The third kappa shape index (κ3) is 8.63. The van der Waals surface area contributed by atoms with Crippen LogP contribution in [0.2, 0.25) is 0 Å². The van der Waals surface area contributed by atoms with E-state index in [0.717, 1.165) is 44.5 Å². The number of nitrogens with one attached hydrogen (secondary N) is 4. The molecule has 46 heavy (non-hydrogen) atoms. The number of aromatic nitrogens is 4. The average molecular weight is 655 g/mol. The van der Waals surface area contributed by atoms with Crippen LogP contribution in [0.1, 0.15) is 11.1 Å². The van der Waals surface area contributed by atoms with Crippen molar-refractivity contribution < 1.29 is 28.7 Å². The maximum atomic E-state index is 12.2. The Labute approximate surface area is 267 Å². The van der Waals surface area contributed by atoms with Gasteiger partial charge in [0.2, 0.25) is 0 Å². The third-order valence-electron chi connectivity index (χ3n) is 6.50. The number of alkyl carbamates (subject to hydrolysis) is 2. The van der Waals surface area contributed by atoms with Crippen molar-refractivity contribution in [1.29, 1.82) is 0 Å². The summed E-state index contributed by atoms with van der Waals surface area (Å²) in [7, 11) is 2.05. The van der Waals surface area contributed by atoms with E-state index in [1.54, 1.807) is 6.20 Å². The topological polar surface area (TPSA) is 168 Å². The van der Waals surface area contributed by atoms with Crippen molar-refractivity contribution in [1.82, 2.24) is 30.6 Å². The number of ether oxygens (including phenoxy) is 2. The highest BCUT2D eigenvalue weighted by atomic mass is 31.1. The molecule has 232 valence electrons. The fraction of sp³-hybridized carbons (Fsp3) is 0.125. The molecular formula is C32H28N6O6P2. The van der Waals surface area contributed by atoms with E-state index in [-0.39, 0.29) is 41.3 Å². The van der Waals surface area contributed by atoms with Gasteiger partial charge in [-0.15, -0.1) is 0 Å². The first-order valence-electron chi connectivity index (χ1n) is 13.8. The van der Waals surface area contributed by atoms with Crippen LogP contribution in [0.15, 0.2) is 72.9 Å². The van der Waals surface area contributed by atoms with E-state index in [1.165, 1.54) is 14.2 Å². The molecule has 2 heterocycles. The minimum Gasteiger partial charge on any atom is -0.453 e. The zero-order valence-electron chi connectivity index (χ0n) is 24.7. The van der Waals surface area contributed by atoms with E-state index in [2.05, 4.69) is 51.9 Å². The zero-order chi connectivity index (χ0) is 32.5. The van der Waals surface area contributed by atoms with E-state index in [4.69, 9.17) is 0 Å². The first kappa shape index (κ1) is 32.0. The molecule has 0 spiro atoms. The van der Waals surface area contributed by atoms with E-state index >= 15 is 0 Å². The predicted octanol–water partition coefficient (Wildman–Crippen LogP) is 3.39. The number of hydrogen-bond donors (Lipinski definition) is 4. The van der Waals surface area contributed by atoms with Gasteiger partial charge in [0.05, 0.1) is 50.2 Å². The molecular weight excluding hydrogens is 626 g/mol. The van der Waals surface area contributed by atoms with Gasteiger partial charge >= 0.3 is 12.2 Å². The average Bonchev–Trinajstić information content (AvgIpc) is 3.71. The number of fused-ring (bicyclic) bond motifs is 1. The second kappa shape index (κ2) is 15.1. The summed E-state index contributed by atoms with van der Waals surface area (Å²) in [6.45, 7) is -0.240. The lowest BCUT2D eigenvalue weighted by atomic mass is 10.0. The van der Waals surface area contributed by atoms with Crippen LogP contribution in [0.3, 0.4) is 0 Å². The van der Waals surface area contributed by atoms with Crippen LogP contribution in [-0.4, -0.2) is 70.5 Å². The van der Waals surface area contributed by atoms with Crippen molar-refractivity contribution >= 4 is 62.6 Å². The van der Waals surface area contributed by atoms with Crippen LogP contribution in [-0.2, 0) is 19.1 Å². The van der Waals surface area contributed by atoms with Crippen LogP contribution >= 0.6 is 17.2 Å². The normalized spacial score (nSPS) is 11.0. The number of hydrogen-bond acceptors (Lipinski definition) is 8. The molecule has 0 aliphatic carbocycles. The molecule has 0 aliphatic heterocycles. The summed E-state index contributed by atoms with van der Waals surface area (Å²) in [5.41, 5.74) is 7.71. The Kier molecular flexibility index (Phi) is 10.5. The monoisotopic (exact) mass is 654 g/mol. The molecule has 14 heteroatoms. The van der Waals surface area contributed by atoms with Gasteiger partial charge in [-0.1, -0.05) is 42.2 Å². The Morgan fingerprint density at radius 3 is 1.85 bits per heavy atom. The van der Waals surface area contributed by atoms with E-state index in [1.807, 2.05) is 66.7 Å². The van der Waals surface area contributed by atoms with Crippen LogP contribution in [0.5, 0.6) is 0 Å². The van der Waals surface area contributed by atoms with Gasteiger partial charge in [-0.2, -0.15) is 0 Å². The summed E-state index contributed by atoms with van der Waals surface area (Å²) in [5.74, 6) is 6.38. The van der Waals surface area contributed by atoms with Gasteiger partial charge < -0.3 is 30.1 Å². The lowest BCUT2D eigenvalue weighted by Gasteiger charge is -2.02. The number of aromatic amines is 2. The summed E-state index contributed by atoms with van der Waals surface area (Å²) in [4.78, 5) is 61.7. The fourth-order valence-corrected chi connectivity index (χ4v) is 5.79. The van der Waals surface area contributed by atoms with Gasteiger partial charge in [0.1, 0.15) is 11.1 Å². The molecule has 5 aromatic rings. The summed E-state index contributed by atoms with van der Waals surface area (Å²) in [5, 5.41) is 4.75. The van der Waals surface area contributed by atoms with Crippen LogP contribution < -0.4 is 21.8 Å². The highest BCUT2D eigenvalue weighted by Gasteiger charge is 2.12. The van der Waals surface area contributed by atoms with Gasteiger partial charge in [-0.25, -0.2) is 19.6 Å². The van der Waals surface area contributed by atoms with Crippen molar-refractivity contribution in [2.24, 2.45) is 0 Å². The van der Waals surface area contributed by atoms with Crippen molar-refractivity contribution in [3.8, 4) is 34.2 Å². The van der Waals surface area contributed by atoms with Crippen molar-refractivity contribution in [2.45, 2.75) is 0 Å². The van der Waals surface area contributed by atoms with Crippen molar-refractivity contribution in [3.05, 3.63) is 84.1 Å². The van der Waals surface area contributed by atoms with Gasteiger partial charge in [0.15, 0.2) is 11.0 Å². The number of imidazole rings is 2. The number of nitrogens with zero attached hydrogens (tertiary/aromatic N) is 2. The Morgan fingerprint density at radius 2 is 1.26 bits per heavy atom. The molecule has 5 rings (SSSR count). The van der Waals surface area contributed by atoms with Gasteiger partial charge in [-0.3, -0.25) is 9.59 Å². The minimum absolute atomic E-state index is 0.120. The molecule has 0 aliphatic rings. The third-order valence-corrected chi connectivity index (χ3v) is 8.37. The highest BCUT2D eigenvalue weighted by molar-refractivity contribution is 7.65. The van der Waals surface area contributed by atoms with Gasteiger partial charge in [0, 0.05) is 28.3 Å². The molecule has 0 radical (unpaired) electrons. The van der Waals surface area contributed by atoms with E-state index < -0.39 is 12.2 Å². The highest BCUT2D eigenvalue weighted by Crippen LogP contribution is 2.24. The number of carbonyl (C=O) groups excluding carboxylic acids is 4. The molecule has 12 nitrogen and oxygen atoms in total. The Balaban J connectivity index is 1.17. The van der Waals surface area contributed by atoms with E-state index in [0.29, 0.717) is 11.1 Å². The molecule has 2 atom stereocenters. The summed E-state index contributed by atoms with van der Waals surface area (Å²) in [6, 6.07) is 21.5. The maximum absolute atomic E-state index is 12.2. The first-order valence-corrected chi connectivity index (χ1v) is 15.8. The molecule has 0 bridgehead atoms. The lowest BCUT2D eigenvalue weighted by Crippen LogP contribution is -2.28. The molecule has 4 N–H and O–H groups in total. The van der Waals surface area contributed by atoms with Crippen LogP contribution in [0.25, 0.3) is 33.4 Å². The minimum atomic E-state index is -0.654. The number of amides is 2. The van der Waals surface area contributed by atoms with Crippen LogP contribution in [0.4, 0.5) is 9.59 Å². The van der Waals surface area contributed by atoms with Crippen molar-refractivity contribution in [2.75, 3.05) is 27.3 Å². The molecule has 2 amide bonds. The number of methoxy groups -OCH3 is 2. The fourth-order valence-electron chi connectivity index (χ4n) is 4.21. The lowest BCUT2D eigenvalue weighted by molar-refractivity contribution is -0.111. The molecule has 0 fully saturated rings. The predicted molar refractivity (Wildman–Crippen MR) is 178 cm³/mol. The number of benzene rings is 3. The molecule has 2 aromatic heterocycles. The summed E-state index contributed by atoms with van der Waals surface area (Å²) in [6.07, 6.45) is 0.365. The Hall–Kier alpha value is -5.36. The second-order valence-corrected chi connectivity index (χ2v) is 12.2. The number of H-pyrrole nitrogens is 2. The van der Waals surface area contributed by atoms with Gasteiger partial charge in [0.25, 0.3) is 0 Å². The number of carbonyl (C=O) groups is 4. The number of rotatable bonds is 10. The Bertz CT molecular complexity index is 1960. The maximum Gasteiger partial charge on any atom is 0.407 e. The molecule has 0 saturated carbocycles. The molecule has 2 unspecified atom stereocenters. The Morgan fingerprint density at radius 1 is 0.717 bits per heavy atom. The van der Waals surface area contributed by atoms with E-state index in [9.17, 15) is 19.2 Å². The second-order valence-electron chi connectivity index (χ2n) is 9.65. The quantitative estimate of drug-likeness (QED) is 0.131. The molecule has 0 saturated heterocycles. The summed E-state index contributed by atoms with van der Waals surface area (Å²) < 4.78 is 8.95. The zero-order valence-corrected chi connectivity index (χ0v) is 26.7. The smallest absolute Gasteiger partial charge is 0.407 e. The van der Waals surface area contributed by atoms with Gasteiger partial charge in [-0.05, 0) is 53.1 Å². The van der Waals surface area contributed by atoms with Crippen LogP contribution in [0, 0.1) is 11.8 Å². The van der Waals surface area contributed by atoms with Crippen molar-refractivity contribution in [3.63, 3.8) is 0 Å². The largest absolute Gasteiger partial charge is 0.453 e. The summed E-state index contributed by atoms with van der Waals surface area (Å²) >= 11 is 0. The molecule has 3 aromatic carbocycles.